The molecule has 0 saturated carbocycles. The summed E-state index contributed by atoms with van der Waals surface area (Å²) in [7, 11) is 0. The van der Waals surface area contributed by atoms with Crippen LogP contribution in [-0.4, -0.2) is 22.0 Å². The fraction of sp³-hybridized carbons (Fsp3) is 0. The third kappa shape index (κ3) is 3.83. The van der Waals surface area contributed by atoms with Gasteiger partial charge in [-0.3, -0.25) is 14.9 Å². The number of H-pyrrole nitrogens is 1. The fourth-order valence-electron chi connectivity index (χ4n) is 3.95. The summed E-state index contributed by atoms with van der Waals surface area (Å²) in [5.41, 5.74) is 5.69. The number of hydrogen-bond donors (Lipinski definition) is 2. The van der Waals surface area contributed by atoms with Crippen LogP contribution in [0.15, 0.2) is 96.1 Å². The molecule has 0 bridgehead atoms. The first kappa shape index (κ1) is 20.1. The van der Waals surface area contributed by atoms with E-state index in [9.17, 15) is 14.9 Å². The summed E-state index contributed by atoms with van der Waals surface area (Å²) in [5.74, 6) is -0.441. The van der Waals surface area contributed by atoms with Crippen molar-refractivity contribution in [3.8, 4) is 11.1 Å². The maximum atomic E-state index is 13.1. The molecule has 1 aromatic heterocycles. The van der Waals surface area contributed by atoms with Crippen LogP contribution in [0.1, 0.15) is 16.1 Å². The van der Waals surface area contributed by atoms with Gasteiger partial charge in [-0.15, -0.1) is 0 Å². The molecule has 33 heavy (non-hydrogen) atoms. The zero-order chi connectivity index (χ0) is 22.8. The first-order valence-electron chi connectivity index (χ1n) is 10.3. The van der Waals surface area contributed by atoms with E-state index >= 15 is 0 Å². The molecular formula is C26H18N4O3. The molecule has 1 heterocycles. The van der Waals surface area contributed by atoms with E-state index in [4.69, 9.17) is 0 Å². The number of amides is 1. The number of non-ortho nitro benzene ring substituents is 1. The number of carbonyl (C=O) groups is 1. The van der Waals surface area contributed by atoms with Crippen molar-refractivity contribution in [1.82, 2.24) is 10.4 Å². The monoisotopic (exact) mass is 434 g/mol. The molecule has 0 fully saturated rings. The van der Waals surface area contributed by atoms with Crippen molar-refractivity contribution in [3.63, 3.8) is 0 Å². The van der Waals surface area contributed by atoms with E-state index in [1.54, 1.807) is 12.3 Å². The Morgan fingerprint density at radius 2 is 1.67 bits per heavy atom. The van der Waals surface area contributed by atoms with E-state index in [0.717, 1.165) is 21.9 Å². The Balaban J connectivity index is 1.53. The number of nitrogens with one attached hydrogen (secondary N) is 2. The second-order valence-corrected chi connectivity index (χ2v) is 7.50. The van der Waals surface area contributed by atoms with Crippen LogP contribution < -0.4 is 5.43 Å². The molecule has 0 radical (unpaired) electrons. The topological polar surface area (TPSA) is 100 Å². The Morgan fingerprint density at radius 3 is 2.48 bits per heavy atom. The first-order chi connectivity index (χ1) is 16.1. The van der Waals surface area contributed by atoms with Crippen LogP contribution in [0.3, 0.4) is 0 Å². The van der Waals surface area contributed by atoms with Gasteiger partial charge in [0.2, 0.25) is 0 Å². The molecule has 0 aliphatic carbocycles. The summed E-state index contributed by atoms with van der Waals surface area (Å²) < 4.78 is 0. The highest BCUT2D eigenvalue weighted by atomic mass is 16.6. The molecule has 0 saturated heterocycles. The lowest BCUT2D eigenvalue weighted by Gasteiger charge is -2.05. The zero-order valence-electron chi connectivity index (χ0n) is 17.4. The number of nitrogens with zero attached hydrogens (tertiary/aromatic N) is 2. The average molecular weight is 434 g/mol. The Morgan fingerprint density at radius 1 is 0.909 bits per heavy atom. The van der Waals surface area contributed by atoms with Gasteiger partial charge in [0.05, 0.1) is 11.1 Å². The van der Waals surface area contributed by atoms with Crippen molar-refractivity contribution >= 4 is 39.5 Å². The number of benzene rings is 4. The van der Waals surface area contributed by atoms with Gasteiger partial charge in [-0.2, -0.15) is 5.10 Å². The molecule has 160 valence electrons. The minimum atomic E-state index is -0.449. The number of nitro benzene ring substituents is 1. The Bertz CT molecular complexity index is 1530. The average Bonchev–Trinajstić information content (AvgIpc) is 3.23. The first-order valence-corrected chi connectivity index (χ1v) is 10.3. The van der Waals surface area contributed by atoms with Crippen LogP contribution >= 0.6 is 0 Å². The van der Waals surface area contributed by atoms with E-state index in [0.29, 0.717) is 16.5 Å². The zero-order valence-corrected chi connectivity index (χ0v) is 17.4. The van der Waals surface area contributed by atoms with Crippen molar-refractivity contribution in [2.45, 2.75) is 0 Å². The second-order valence-electron chi connectivity index (χ2n) is 7.50. The molecule has 5 rings (SSSR count). The molecule has 1 amide bonds. The standard InChI is InChI=1S/C26H18N4O3/c31-26(29-27-16-19-11-6-10-17-7-4-5-12-21(17)19)25-24(18-8-2-1-3-9-18)22-15-20(30(32)33)13-14-23(22)28-25/h1-16,28H,(H,29,31)/b27-16-. The number of nitro groups is 1. The van der Waals surface area contributed by atoms with E-state index in [-0.39, 0.29) is 11.4 Å². The molecule has 0 aliphatic rings. The van der Waals surface area contributed by atoms with Crippen molar-refractivity contribution in [3.05, 3.63) is 112 Å². The molecule has 0 unspecified atom stereocenters. The number of carbonyl (C=O) groups excluding carboxylic acids is 1. The van der Waals surface area contributed by atoms with Gasteiger partial charge in [0.1, 0.15) is 5.69 Å². The summed E-state index contributed by atoms with van der Waals surface area (Å²) in [6, 6.07) is 27.6. The molecule has 0 atom stereocenters. The van der Waals surface area contributed by atoms with E-state index < -0.39 is 10.8 Å². The second kappa shape index (κ2) is 8.39. The van der Waals surface area contributed by atoms with Gasteiger partial charge in [-0.05, 0) is 22.4 Å². The molecular weight excluding hydrogens is 416 g/mol. The number of rotatable bonds is 5. The van der Waals surface area contributed by atoms with Gasteiger partial charge in [0.15, 0.2) is 0 Å². The molecule has 0 spiro atoms. The Kier molecular flexibility index (Phi) is 5.12. The van der Waals surface area contributed by atoms with Crippen molar-refractivity contribution in [2.24, 2.45) is 5.10 Å². The van der Waals surface area contributed by atoms with Gasteiger partial charge in [0, 0.05) is 34.2 Å². The Hall–Kier alpha value is -4.78. The quantitative estimate of drug-likeness (QED) is 0.212. The van der Waals surface area contributed by atoms with Crippen LogP contribution in [0.4, 0.5) is 5.69 Å². The SMILES string of the molecule is O=C(N/N=C\c1cccc2ccccc12)c1[nH]c2ccc([N+](=O)[O-])cc2c1-c1ccccc1. The highest BCUT2D eigenvalue weighted by molar-refractivity contribution is 6.10. The number of aromatic nitrogens is 1. The summed E-state index contributed by atoms with van der Waals surface area (Å²) in [6.45, 7) is 0. The summed E-state index contributed by atoms with van der Waals surface area (Å²) in [4.78, 5) is 27.0. The lowest BCUT2D eigenvalue weighted by molar-refractivity contribution is -0.384. The van der Waals surface area contributed by atoms with Gasteiger partial charge in [-0.1, -0.05) is 72.8 Å². The summed E-state index contributed by atoms with van der Waals surface area (Å²) in [5, 5.41) is 18.2. The molecule has 7 nitrogen and oxygen atoms in total. The lowest BCUT2D eigenvalue weighted by Crippen LogP contribution is -2.18. The number of hydrazone groups is 1. The number of aromatic amines is 1. The van der Waals surface area contributed by atoms with Crippen LogP contribution in [0.25, 0.3) is 32.8 Å². The molecule has 4 aromatic carbocycles. The smallest absolute Gasteiger partial charge is 0.288 e. The van der Waals surface area contributed by atoms with Gasteiger partial charge in [0.25, 0.3) is 11.6 Å². The molecule has 5 aromatic rings. The fourth-order valence-corrected chi connectivity index (χ4v) is 3.95. The van der Waals surface area contributed by atoms with Crippen molar-refractivity contribution in [1.29, 1.82) is 0 Å². The van der Waals surface area contributed by atoms with Gasteiger partial charge >= 0.3 is 0 Å². The van der Waals surface area contributed by atoms with E-state index in [2.05, 4.69) is 15.5 Å². The van der Waals surface area contributed by atoms with Gasteiger partial charge in [-0.25, -0.2) is 5.43 Å². The van der Waals surface area contributed by atoms with Crippen LogP contribution in [0.2, 0.25) is 0 Å². The maximum Gasteiger partial charge on any atom is 0.288 e. The summed E-state index contributed by atoms with van der Waals surface area (Å²) in [6.07, 6.45) is 1.61. The molecule has 2 N–H and O–H groups in total. The third-order valence-electron chi connectivity index (χ3n) is 5.48. The highest BCUT2D eigenvalue weighted by Crippen LogP contribution is 2.34. The highest BCUT2D eigenvalue weighted by Gasteiger charge is 2.21. The largest absolute Gasteiger partial charge is 0.350 e. The lowest BCUT2D eigenvalue weighted by atomic mass is 10.0. The summed E-state index contributed by atoms with van der Waals surface area (Å²) >= 11 is 0. The maximum absolute atomic E-state index is 13.1. The van der Waals surface area contributed by atoms with E-state index in [1.165, 1.54) is 12.1 Å². The number of hydrogen-bond acceptors (Lipinski definition) is 4. The predicted octanol–water partition coefficient (Wildman–Crippen LogP) is 5.66. The van der Waals surface area contributed by atoms with Crippen LogP contribution in [0, 0.1) is 10.1 Å². The minimum absolute atomic E-state index is 0.0420. The van der Waals surface area contributed by atoms with Crippen molar-refractivity contribution < 1.29 is 9.72 Å². The third-order valence-corrected chi connectivity index (χ3v) is 5.48. The van der Waals surface area contributed by atoms with E-state index in [1.807, 2.05) is 72.8 Å². The molecule has 0 aliphatic heterocycles. The molecule has 7 heteroatoms. The number of fused-ring (bicyclic) bond motifs is 2. The predicted molar refractivity (Wildman–Crippen MR) is 129 cm³/mol. The normalized spacial score (nSPS) is 11.3. The van der Waals surface area contributed by atoms with Crippen molar-refractivity contribution in [2.75, 3.05) is 0 Å². The minimum Gasteiger partial charge on any atom is -0.350 e. The van der Waals surface area contributed by atoms with Gasteiger partial charge < -0.3 is 4.98 Å². The van der Waals surface area contributed by atoms with Crippen LogP contribution in [0.5, 0.6) is 0 Å². The van der Waals surface area contributed by atoms with Crippen LogP contribution in [-0.2, 0) is 0 Å². The Labute approximate surface area is 188 Å².